The van der Waals surface area contributed by atoms with Gasteiger partial charge >= 0.3 is 0 Å². The van der Waals surface area contributed by atoms with Gasteiger partial charge in [0.1, 0.15) is 24.7 Å². The molecule has 2 rings (SSSR count). The van der Waals surface area contributed by atoms with E-state index in [2.05, 4.69) is 0 Å². The molecule has 0 amide bonds. The number of anilines is 1. The maximum absolute atomic E-state index is 5.63. The molecule has 2 N–H and O–H groups in total. The van der Waals surface area contributed by atoms with Crippen LogP contribution in [0.15, 0.2) is 48.5 Å². The fraction of sp³-hybridized carbons (Fsp3) is 0.200. The quantitative estimate of drug-likeness (QED) is 0.648. The van der Waals surface area contributed by atoms with Crippen LogP contribution in [0.5, 0.6) is 11.5 Å². The summed E-state index contributed by atoms with van der Waals surface area (Å²) in [5.41, 5.74) is 7.46. The highest BCUT2D eigenvalue weighted by molar-refractivity contribution is 5.41. The minimum Gasteiger partial charge on any atom is -0.490 e. The van der Waals surface area contributed by atoms with E-state index in [-0.39, 0.29) is 0 Å². The van der Waals surface area contributed by atoms with Crippen molar-refractivity contribution in [2.24, 2.45) is 0 Å². The van der Waals surface area contributed by atoms with Crippen LogP contribution in [-0.2, 0) is 0 Å². The number of ether oxygens (including phenoxy) is 2. The van der Waals surface area contributed by atoms with Crippen molar-refractivity contribution in [3.05, 3.63) is 54.1 Å². The maximum Gasteiger partial charge on any atom is 0.122 e. The number of para-hydroxylation sites is 1. The minimum atomic E-state index is 0.512. The van der Waals surface area contributed by atoms with E-state index in [1.54, 1.807) is 0 Å². The van der Waals surface area contributed by atoms with Crippen LogP contribution in [0.1, 0.15) is 5.56 Å². The second kappa shape index (κ2) is 5.96. The second-order valence-electron chi connectivity index (χ2n) is 4.03. The molecule has 0 aromatic heterocycles. The Balaban J connectivity index is 1.76. The monoisotopic (exact) mass is 243 g/mol. The van der Waals surface area contributed by atoms with E-state index < -0.39 is 0 Å². The number of nitrogen functional groups attached to an aromatic ring is 1. The van der Waals surface area contributed by atoms with Crippen molar-refractivity contribution in [2.45, 2.75) is 6.92 Å². The van der Waals surface area contributed by atoms with Gasteiger partial charge in [-0.2, -0.15) is 0 Å². The average Bonchev–Trinajstić information content (AvgIpc) is 2.39. The summed E-state index contributed by atoms with van der Waals surface area (Å²) >= 11 is 0. The van der Waals surface area contributed by atoms with E-state index in [9.17, 15) is 0 Å². The molecule has 0 radical (unpaired) electrons. The largest absolute Gasteiger partial charge is 0.490 e. The van der Waals surface area contributed by atoms with Crippen LogP contribution in [-0.4, -0.2) is 13.2 Å². The third kappa shape index (κ3) is 3.42. The first kappa shape index (κ1) is 12.3. The number of rotatable bonds is 5. The van der Waals surface area contributed by atoms with Gasteiger partial charge in [-0.25, -0.2) is 0 Å². The van der Waals surface area contributed by atoms with Gasteiger partial charge in [0, 0.05) is 5.69 Å². The molecule has 2 aromatic rings. The fourth-order valence-electron chi connectivity index (χ4n) is 1.59. The van der Waals surface area contributed by atoms with Gasteiger partial charge in [0.2, 0.25) is 0 Å². The first-order valence-corrected chi connectivity index (χ1v) is 5.92. The van der Waals surface area contributed by atoms with E-state index in [0.717, 1.165) is 22.7 Å². The van der Waals surface area contributed by atoms with Crippen LogP contribution in [0.2, 0.25) is 0 Å². The molecule has 0 heterocycles. The maximum atomic E-state index is 5.63. The van der Waals surface area contributed by atoms with Crippen molar-refractivity contribution in [3.8, 4) is 11.5 Å². The van der Waals surface area contributed by atoms with Crippen LogP contribution in [0, 0.1) is 6.92 Å². The van der Waals surface area contributed by atoms with Gasteiger partial charge in [0.15, 0.2) is 0 Å². The van der Waals surface area contributed by atoms with Crippen molar-refractivity contribution < 1.29 is 9.47 Å². The molecule has 0 aliphatic rings. The number of aryl methyl sites for hydroxylation is 1. The summed E-state index contributed by atoms with van der Waals surface area (Å²) in [6, 6.07) is 15.3. The van der Waals surface area contributed by atoms with Crippen molar-refractivity contribution in [2.75, 3.05) is 18.9 Å². The Bertz CT molecular complexity index is 494. The molecule has 18 heavy (non-hydrogen) atoms. The Labute approximate surface area is 107 Å². The predicted molar refractivity (Wildman–Crippen MR) is 73.0 cm³/mol. The van der Waals surface area contributed by atoms with Crippen molar-refractivity contribution >= 4 is 5.69 Å². The highest BCUT2D eigenvalue weighted by atomic mass is 16.5. The average molecular weight is 243 g/mol. The normalized spacial score (nSPS) is 10.1. The molecule has 3 heteroatoms. The lowest BCUT2D eigenvalue weighted by atomic mass is 10.2. The molecule has 0 saturated carbocycles. The molecule has 0 atom stereocenters. The Morgan fingerprint density at radius 2 is 1.56 bits per heavy atom. The first-order chi connectivity index (χ1) is 8.75. The highest BCUT2D eigenvalue weighted by Gasteiger charge is 1.98. The summed E-state index contributed by atoms with van der Waals surface area (Å²) in [6.45, 7) is 3.06. The SMILES string of the molecule is Cc1ccccc1OCCOc1ccc(N)cc1. The molecule has 0 aliphatic heterocycles. The Morgan fingerprint density at radius 3 is 2.28 bits per heavy atom. The van der Waals surface area contributed by atoms with Crippen LogP contribution in [0.3, 0.4) is 0 Å². The van der Waals surface area contributed by atoms with E-state index >= 15 is 0 Å². The molecule has 0 spiro atoms. The number of hydrogen-bond donors (Lipinski definition) is 1. The molecular weight excluding hydrogens is 226 g/mol. The van der Waals surface area contributed by atoms with Gasteiger partial charge in [-0.3, -0.25) is 0 Å². The van der Waals surface area contributed by atoms with Crippen LogP contribution in [0.4, 0.5) is 5.69 Å². The number of nitrogens with two attached hydrogens (primary N) is 1. The summed E-state index contributed by atoms with van der Waals surface area (Å²) in [6.07, 6.45) is 0. The Hall–Kier alpha value is -2.16. The molecule has 3 nitrogen and oxygen atoms in total. The van der Waals surface area contributed by atoms with Crippen molar-refractivity contribution in [3.63, 3.8) is 0 Å². The fourth-order valence-corrected chi connectivity index (χ4v) is 1.59. The molecule has 0 aliphatic carbocycles. The Morgan fingerprint density at radius 1 is 0.889 bits per heavy atom. The number of hydrogen-bond acceptors (Lipinski definition) is 3. The summed E-state index contributed by atoms with van der Waals surface area (Å²) in [5.74, 6) is 1.70. The van der Waals surface area contributed by atoms with Gasteiger partial charge in [-0.15, -0.1) is 0 Å². The molecule has 0 fully saturated rings. The van der Waals surface area contributed by atoms with E-state index in [1.165, 1.54) is 0 Å². The molecule has 94 valence electrons. The first-order valence-electron chi connectivity index (χ1n) is 5.92. The highest BCUT2D eigenvalue weighted by Crippen LogP contribution is 2.16. The van der Waals surface area contributed by atoms with Gasteiger partial charge < -0.3 is 15.2 Å². The van der Waals surface area contributed by atoms with Gasteiger partial charge in [0.05, 0.1) is 0 Å². The summed E-state index contributed by atoms with van der Waals surface area (Å²) in [7, 11) is 0. The minimum absolute atomic E-state index is 0.512. The smallest absolute Gasteiger partial charge is 0.122 e. The lowest BCUT2D eigenvalue weighted by Gasteiger charge is -2.10. The molecule has 0 bridgehead atoms. The summed E-state index contributed by atoms with van der Waals surface area (Å²) < 4.78 is 11.2. The Kier molecular flexibility index (Phi) is 4.07. The van der Waals surface area contributed by atoms with Crippen LogP contribution < -0.4 is 15.2 Å². The zero-order valence-electron chi connectivity index (χ0n) is 10.4. The summed E-state index contributed by atoms with van der Waals surface area (Å²) in [5, 5.41) is 0. The van der Waals surface area contributed by atoms with Gasteiger partial charge in [0.25, 0.3) is 0 Å². The van der Waals surface area contributed by atoms with Crippen molar-refractivity contribution in [1.29, 1.82) is 0 Å². The van der Waals surface area contributed by atoms with E-state index in [0.29, 0.717) is 13.2 Å². The third-order valence-electron chi connectivity index (χ3n) is 2.58. The topological polar surface area (TPSA) is 44.5 Å². The number of benzene rings is 2. The van der Waals surface area contributed by atoms with E-state index in [4.69, 9.17) is 15.2 Å². The second-order valence-corrected chi connectivity index (χ2v) is 4.03. The molecule has 0 saturated heterocycles. The third-order valence-corrected chi connectivity index (χ3v) is 2.58. The van der Waals surface area contributed by atoms with Gasteiger partial charge in [-0.05, 0) is 42.8 Å². The van der Waals surface area contributed by atoms with E-state index in [1.807, 2.05) is 55.5 Å². The summed E-state index contributed by atoms with van der Waals surface area (Å²) in [4.78, 5) is 0. The zero-order valence-corrected chi connectivity index (χ0v) is 10.4. The van der Waals surface area contributed by atoms with Crippen LogP contribution in [0.25, 0.3) is 0 Å². The van der Waals surface area contributed by atoms with Gasteiger partial charge in [-0.1, -0.05) is 18.2 Å². The zero-order chi connectivity index (χ0) is 12.8. The molecule has 2 aromatic carbocycles. The van der Waals surface area contributed by atoms with Crippen LogP contribution >= 0.6 is 0 Å². The molecular formula is C15H17NO2. The standard InChI is InChI=1S/C15H17NO2/c1-12-4-2-3-5-15(12)18-11-10-17-14-8-6-13(16)7-9-14/h2-9H,10-11,16H2,1H3. The lowest BCUT2D eigenvalue weighted by Crippen LogP contribution is -2.09. The molecule has 0 unspecified atom stereocenters. The van der Waals surface area contributed by atoms with Crippen molar-refractivity contribution in [1.82, 2.24) is 0 Å². The lowest BCUT2D eigenvalue weighted by molar-refractivity contribution is 0.216. The predicted octanol–water partition coefficient (Wildman–Crippen LogP) is 3.04.